The Morgan fingerprint density at radius 2 is 1.74 bits per heavy atom. The molecule has 0 radical (unpaired) electrons. The van der Waals surface area contributed by atoms with Gasteiger partial charge in [0.1, 0.15) is 0 Å². The first kappa shape index (κ1) is 13.8. The summed E-state index contributed by atoms with van der Waals surface area (Å²) in [6, 6.07) is 21.3. The zero-order valence-electron chi connectivity index (χ0n) is 10.5. The van der Waals surface area contributed by atoms with Crippen LogP contribution in [-0.2, 0) is 21.1 Å². The minimum atomic E-state index is 0. The molecule has 2 aromatic carbocycles. The predicted octanol–water partition coefficient (Wildman–Crippen LogP) is 3.65. The first-order valence-corrected chi connectivity index (χ1v) is 5.93. The molecule has 0 fully saturated rings. The van der Waals surface area contributed by atoms with Gasteiger partial charge in [-0.2, -0.15) is 29.4 Å². The van der Waals surface area contributed by atoms with Gasteiger partial charge < -0.3 is 0 Å². The van der Waals surface area contributed by atoms with Gasteiger partial charge in [-0.3, -0.25) is 4.68 Å². The molecule has 1 aromatic heterocycles. The molecule has 0 aliphatic heterocycles. The third kappa shape index (κ3) is 2.85. The summed E-state index contributed by atoms with van der Waals surface area (Å²) in [6.07, 6.45) is 2.04. The van der Waals surface area contributed by atoms with Crippen molar-refractivity contribution in [3.05, 3.63) is 72.4 Å². The Balaban J connectivity index is 0.00000133. The molecule has 0 aliphatic rings. The van der Waals surface area contributed by atoms with Crippen LogP contribution in [0.1, 0.15) is 5.56 Å². The summed E-state index contributed by atoms with van der Waals surface area (Å²) in [6.45, 7) is 2.08. The van der Waals surface area contributed by atoms with E-state index in [1.807, 2.05) is 53.3 Å². The summed E-state index contributed by atoms with van der Waals surface area (Å²) < 4.78 is 1.87. The Bertz CT molecular complexity index is 645. The van der Waals surface area contributed by atoms with E-state index in [0.29, 0.717) is 0 Å². The van der Waals surface area contributed by atoms with Gasteiger partial charge in [0.25, 0.3) is 0 Å². The van der Waals surface area contributed by atoms with Crippen molar-refractivity contribution in [3.8, 4) is 16.9 Å². The fraction of sp³-hybridized carbons (Fsp3) is 0.0625. The minimum absolute atomic E-state index is 0. The van der Waals surface area contributed by atoms with Crippen LogP contribution in [0.4, 0.5) is 0 Å². The molecule has 3 heteroatoms. The third-order valence-corrected chi connectivity index (χ3v) is 2.88. The van der Waals surface area contributed by atoms with Crippen LogP contribution in [-0.4, -0.2) is 9.78 Å². The van der Waals surface area contributed by atoms with Crippen LogP contribution >= 0.6 is 0 Å². The van der Waals surface area contributed by atoms with Crippen molar-refractivity contribution in [3.63, 3.8) is 0 Å². The summed E-state index contributed by atoms with van der Waals surface area (Å²) in [5, 5.41) is 4.64. The zero-order chi connectivity index (χ0) is 12.4. The maximum atomic E-state index is 4.64. The third-order valence-electron chi connectivity index (χ3n) is 2.88. The summed E-state index contributed by atoms with van der Waals surface area (Å²) in [7, 11) is 0. The molecule has 0 saturated heterocycles. The summed E-state index contributed by atoms with van der Waals surface area (Å²) in [5.41, 5.74) is 4.29. The van der Waals surface area contributed by atoms with Crippen molar-refractivity contribution in [1.82, 2.24) is 9.78 Å². The van der Waals surface area contributed by atoms with E-state index in [-0.39, 0.29) is 21.1 Å². The maximum absolute atomic E-state index is 4.64. The molecule has 3 aromatic rings. The second-order valence-corrected chi connectivity index (χ2v) is 4.22. The standard InChI is InChI=1S/C16H13N2.Pt/c1-13-12-18(15-10-6-3-7-11-15)17-16(13)14-8-4-2-5-9-14;/h2-10,12H,1H3;/q-1;. The molecule has 98 valence electrons. The molecule has 0 saturated carbocycles. The Kier molecular flexibility index (Phi) is 4.34. The van der Waals surface area contributed by atoms with Crippen LogP contribution in [0.2, 0.25) is 0 Å². The van der Waals surface area contributed by atoms with Gasteiger partial charge in [-0.25, -0.2) is 0 Å². The number of aromatic nitrogens is 2. The smallest absolute Gasteiger partial charge is 0.0955 e. The van der Waals surface area contributed by atoms with E-state index in [4.69, 9.17) is 0 Å². The molecule has 0 bridgehead atoms. The van der Waals surface area contributed by atoms with E-state index in [9.17, 15) is 0 Å². The van der Waals surface area contributed by atoms with Crippen LogP contribution in [0.3, 0.4) is 0 Å². The van der Waals surface area contributed by atoms with Crippen molar-refractivity contribution in [2.24, 2.45) is 0 Å². The molecule has 0 unspecified atom stereocenters. The molecule has 0 spiro atoms. The Labute approximate surface area is 127 Å². The molecule has 0 atom stereocenters. The molecule has 0 aliphatic carbocycles. The van der Waals surface area contributed by atoms with Crippen LogP contribution in [0.15, 0.2) is 60.8 Å². The molecule has 1 heterocycles. The summed E-state index contributed by atoms with van der Waals surface area (Å²) in [4.78, 5) is 0. The average Bonchev–Trinajstić information content (AvgIpc) is 2.83. The van der Waals surface area contributed by atoms with Gasteiger partial charge in [-0.15, -0.1) is 6.07 Å². The Morgan fingerprint density at radius 1 is 1.00 bits per heavy atom. The van der Waals surface area contributed by atoms with Crippen LogP contribution in [0.5, 0.6) is 0 Å². The van der Waals surface area contributed by atoms with Gasteiger partial charge in [0.05, 0.1) is 5.69 Å². The molecule has 0 N–H and O–H groups in total. The summed E-state index contributed by atoms with van der Waals surface area (Å²) >= 11 is 0. The number of aryl methyl sites for hydroxylation is 1. The van der Waals surface area contributed by atoms with Crippen LogP contribution < -0.4 is 0 Å². The SMILES string of the molecule is Cc1cn(-c2[c-]cccc2)nc1-c1ccccc1.[Pt]. The normalized spacial score (nSPS) is 9.95. The fourth-order valence-corrected chi connectivity index (χ4v) is 1.99. The quantitative estimate of drug-likeness (QED) is 0.570. The number of rotatable bonds is 2. The first-order valence-electron chi connectivity index (χ1n) is 5.93. The van der Waals surface area contributed by atoms with Gasteiger partial charge in [-0.05, 0) is 18.2 Å². The van der Waals surface area contributed by atoms with Crippen molar-refractivity contribution >= 4 is 0 Å². The largest absolute Gasteiger partial charge is 0.265 e. The molecule has 3 rings (SSSR count). The number of benzene rings is 2. The number of hydrogen-bond donors (Lipinski definition) is 0. The molecule has 2 nitrogen and oxygen atoms in total. The fourth-order valence-electron chi connectivity index (χ4n) is 1.99. The maximum Gasteiger partial charge on any atom is 0.0955 e. The van der Waals surface area contributed by atoms with Gasteiger partial charge in [0, 0.05) is 32.8 Å². The van der Waals surface area contributed by atoms with Crippen molar-refractivity contribution in [2.75, 3.05) is 0 Å². The van der Waals surface area contributed by atoms with E-state index < -0.39 is 0 Å². The number of hydrogen-bond acceptors (Lipinski definition) is 1. The first-order chi connectivity index (χ1) is 8.84. The van der Waals surface area contributed by atoms with E-state index in [2.05, 4.69) is 30.2 Å². The topological polar surface area (TPSA) is 17.8 Å². The molecular weight excluding hydrogens is 415 g/mol. The van der Waals surface area contributed by atoms with Crippen molar-refractivity contribution < 1.29 is 21.1 Å². The van der Waals surface area contributed by atoms with Gasteiger partial charge in [0.15, 0.2) is 0 Å². The average molecular weight is 428 g/mol. The second kappa shape index (κ2) is 5.99. The monoisotopic (exact) mass is 428 g/mol. The molecule has 0 amide bonds. The van der Waals surface area contributed by atoms with Gasteiger partial charge in [0.2, 0.25) is 0 Å². The van der Waals surface area contributed by atoms with Crippen molar-refractivity contribution in [2.45, 2.75) is 6.92 Å². The van der Waals surface area contributed by atoms with Crippen LogP contribution in [0.25, 0.3) is 16.9 Å². The number of nitrogens with zero attached hydrogens (tertiary/aromatic N) is 2. The van der Waals surface area contributed by atoms with E-state index in [0.717, 1.165) is 16.9 Å². The molecule has 19 heavy (non-hydrogen) atoms. The van der Waals surface area contributed by atoms with Crippen molar-refractivity contribution in [1.29, 1.82) is 0 Å². The minimum Gasteiger partial charge on any atom is -0.265 e. The van der Waals surface area contributed by atoms with Gasteiger partial charge >= 0.3 is 0 Å². The van der Waals surface area contributed by atoms with E-state index >= 15 is 0 Å². The zero-order valence-corrected chi connectivity index (χ0v) is 12.8. The Hall–Kier alpha value is -1.66. The predicted molar refractivity (Wildman–Crippen MR) is 72.6 cm³/mol. The van der Waals surface area contributed by atoms with Crippen LogP contribution in [0, 0.1) is 13.0 Å². The Morgan fingerprint density at radius 3 is 2.42 bits per heavy atom. The van der Waals surface area contributed by atoms with E-state index in [1.165, 1.54) is 5.56 Å². The van der Waals surface area contributed by atoms with E-state index in [1.54, 1.807) is 0 Å². The molecular formula is C16H13N2Pt-. The summed E-state index contributed by atoms with van der Waals surface area (Å²) in [5.74, 6) is 0. The number of para-hydroxylation sites is 1. The second-order valence-electron chi connectivity index (χ2n) is 4.22. The van der Waals surface area contributed by atoms with Gasteiger partial charge in [-0.1, -0.05) is 30.3 Å².